The van der Waals surface area contributed by atoms with Crippen molar-refractivity contribution in [1.29, 1.82) is 0 Å². The summed E-state index contributed by atoms with van der Waals surface area (Å²) >= 11 is 0. The Morgan fingerprint density at radius 2 is 1.20 bits per heavy atom. The summed E-state index contributed by atoms with van der Waals surface area (Å²) in [6.07, 6.45) is 16.8. The number of ketones is 1. The molecule has 1 atom stereocenters. The number of Topliss-reactive ketones (excluding diaryl/α,β-unsaturated/α-hetero) is 1. The van der Waals surface area contributed by atoms with Gasteiger partial charge >= 0.3 is 5.97 Å². The molecule has 0 aromatic heterocycles. The predicted molar refractivity (Wildman–Crippen MR) is 160 cm³/mol. The number of benzene rings is 1. The van der Waals surface area contributed by atoms with E-state index < -0.39 is 39.2 Å². The molecule has 1 aromatic rings. The molecule has 1 rings (SSSR count). The van der Waals surface area contributed by atoms with Gasteiger partial charge < -0.3 is 10.1 Å². The summed E-state index contributed by atoms with van der Waals surface area (Å²) in [4.78, 5) is 38.2. The fourth-order valence-electron chi connectivity index (χ4n) is 4.39. The SMILES string of the molecule is CCCCCCCCCCCCCCCCCC(=O)OC(C(=O)Nc1ccc(S(N)(=O)=O)cc1)C(=O)C(C)(C)C. The molecule has 3 N–H and O–H groups in total. The lowest BCUT2D eigenvalue weighted by Crippen LogP contribution is -2.44. The van der Waals surface area contributed by atoms with E-state index in [4.69, 9.17) is 9.88 Å². The summed E-state index contributed by atoms with van der Waals surface area (Å²) in [5.41, 5.74) is -0.656. The molecule has 0 aliphatic carbocycles. The van der Waals surface area contributed by atoms with E-state index in [0.29, 0.717) is 6.42 Å². The summed E-state index contributed by atoms with van der Waals surface area (Å²) in [7, 11) is -3.88. The number of unbranched alkanes of at least 4 members (excludes halogenated alkanes) is 14. The Bertz CT molecular complexity index is 1000. The van der Waals surface area contributed by atoms with Crippen LogP contribution < -0.4 is 10.5 Å². The fraction of sp³-hybridized carbons (Fsp3) is 0.710. The molecule has 1 unspecified atom stereocenters. The molecule has 0 radical (unpaired) electrons. The quantitative estimate of drug-likeness (QED) is 0.0908. The molecule has 1 aromatic carbocycles. The van der Waals surface area contributed by atoms with Crippen LogP contribution in [0.2, 0.25) is 0 Å². The first-order valence-corrected chi connectivity index (χ1v) is 16.6. The van der Waals surface area contributed by atoms with Gasteiger partial charge in [0, 0.05) is 17.5 Å². The Morgan fingerprint density at radius 1 is 0.775 bits per heavy atom. The third-order valence-electron chi connectivity index (χ3n) is 6.90. The Hall–Kier alpha value is -2.26. The highest BCUT2D eigenvalue weighted by Gasteiger charge is 2.37. The van der Waals surface area contributed by atoms with Crippen molar-refractivity contribution in [2.75, 3.05) is 5.32 Å². The van der Waals surface area contributed by atoms with Crippen molar-refractivity contribution in [3.63, 3.8) is 0 Å². The van der Waals surface area contributed by atoms with Crippen LogP contribution >= 0.6 is 0 Å². The Labute approximate surface area is 242 Å². The first kappa shape index (κ1) is 35.8. The van der Waals surface area contributed by atoms with Gasteiger partial charge in [-0.2, -0.15) is 0 Å². The number of amides is 1. The first-order valence-electron chi connectivity index (χ1n) is 15.0. The number of hydrogen-bond acceptors (Lipinski definition) is 6. The maximum Gasteiger partial charge on any atom is 0.307 e. The lowest BCUT2D eigenvalue weighted by molar-refractivity contribution is -0.162. The summed E-state index contributed by atoms with van der Waals surface area (Å²) in [5, 5.41) is 7.62. The zero-order chi connectivity index (χ0) is 30.0. The summed E-state index contributed by atoms with van der Waals surface area (Å²) < 4.78 is 28.2. The second-order valence-corrected chi connectivity index (χ2v) is 13.3. The third-order valence-corrected chi connectivity index (χ3v) is 7.83. The molecule has 0 heterocycles. The van der Waals surface area contributed by atoms with Gasteiger partial charge in [-0.15, -0.1) is 0 Å². The number of hydrogen-bond donors (Lipinski definition) is 2. The van der Waals surface area contributed by atoms with Gasteiger partial charge in [0.05, 0.1) is 4.90 Å². The van der Waals surface area contributed by atoms with E-state index in [2.05, 4.69) is 12.2 Å². The molecule has 0 spiro atoms. The van der Waals surface area contributed by atoms with E-state index in [1.807, 2.05) is 0 Å². The zero-order valence-corrected chi connectivity index (χ0v) is 26.0. The lowest BCUT2D eigenvalue weighted by Gasteiger charge is -2.24. The van der Waals surface area contributed by atoms with Crippen LogP contribution in [0.25, 0.3) is 0 Å². The molecule has 8 nitrogen and oxygen atoms in total. The van der Waals surface area contributed by atoms with Crippen molar-refractivity contribution in [1.82, 2.24) is 0 Å². The van der Waals surface area contributed by atoms with Gasteiger partial charge in [0.2, 0.25) is 16.1 Å². The molecule has 0 bridgehead atoms. The second kappa shape index (κ2) is 19.0. The van der Waals surface area contributed by atoms with Crippen LogP contribution in [0.15, 0.2) is 29.2 Å². The van der Waals surface area contributed by atoms with Crippen LogP contribution in [0.3, 0.4) is 0 Å². The number of nitrogens with two attached hydrogens (primary N) is 1. The maximum absolute atomic E-state index is 12.9. The number of carbonyl (C=O) groups is 3. The molecule has 0 saturated heterocycles. The van der Waals surface area contributed by atoms with Gasteiger partial charge in [-0.05, 0) is 30.7 Å². The number of esters is 1. The van der Waals surface area contributed by atoms with Gasteiger partial charge in [-0.3, -0.25) is 14.4 Å². The monoisotopic (exact) mass is 580 g/mol. The van der Waals surface area contributed by atoms with E-state index in [9.17, 15) is 22.8 Å². The highest BCUT2D eigenvalue weighted by molar-refractivity contribution is 7.89. The Kier molecular flexibility index (Phi) is 17.0. The Balaban J connectivity index is 2.36. The molecule has 0 saturated carbocycles. The minimum atomic E-state index is -3.88. The average molecular weight is 581 g/mol. The predicted octanol–water partition coefficient (Wildman–Crippen LogP) is 7.06. The number of sulfonamides is 1. The molecule has 0 fully saturated rings. The summed E-state index contributed by atoms with van der Waals surface area (Å²) in [5.74, 6) is -1.89. The highest BCUT2D eigenvalue weighted by atomic mass is 32.2. The second-order valence-electron chi connectivity index (χ2n) is 11.7. The van der Waals surface area contributed by atoms with E-state index in [1.54, 1.807) is 20.8 Å². The van der Waals surface area contributed by atoms with E-state index in [-0.39, 0.29) is 17.0 Å². The number of ether oxygens (including phenoxy) is 1. The third kappa shape index (κ3) is 15.5. The van der Waals surface area contributed by atoms with Crippen molar-refractivity contribution in [3.05, 3.63) is 24.3 Å². The van der Waals surface area contributed by atoms with E-state index in [1.165, 1.54) is 94.9 Å². The van der Waals surface area contributed by atoms with Crippen molar-refractivity contribution in [2.24, 2.45) is 10.6 Å². The molecule has 40 heavy (non-hydrogen) atoms. The summed E-state index contributed by atoms with van der Waals surface area (Å²) in [6, 6.07) is 5.20. The lowest BCUT2D eigenvalue weighted by atomic mass is 9.87. The number of anilines is 1. The van der Waals surface area contributed by atoms with Crippen LogP contribution in [-0.4, -0.2) is 32.2 Å². The van der Waals surface area contributed by atoms with Crippen LogP contribution in [-0.2, 0) is 29.1 Å². The first-order chi connectivity index (χ1) is 18.9. The van der Waals surface area contributed by atoms with Gasteiger partial charge in [0.15, 0.2) is 5.78 Å². The van der Waals surface area contributed by atoms with Gasteiger partial charge in [0.1, 0.15) is 0 Å². The van der Waals surface area contributed by atoms with Crippen molar-refractivity contribution in [2.45, 2.75) is 141 Å². The van der Waals surface area contributed by atoms with Crippen molar-refractivity contribution >= 4 is 33.4 Å². The average Bonchev–Trinajstić information content (AvgIpc) is 2.88. The van der Waals surface area contributed by atoms with Crippen molar-refractivity contribution < 1.29 is 27.5 Å². The standard InChI is InChI=1S/C31H52N2O6S/c1-5-6-7-8-9-10-11-12-13-14-15-16-17-18-19-20-27(34)39-28(29(35)31(2,3)4)30(36)33-25-21-23-26(24-22-25)40(32,37)38/h21-24,28H,5-20H2,1-4H3,(H,33,36)(H2,32,37,38). The van der Waals surface area contributed by atoms with E-state index >= 15 is 0 Å². The number of carbonyl (C=O) groups excluding carboxylic acids is 3. The maximum atomic E-state index is 12.9. The molecule has 0 aliphatic rings. The van der Waals surface area contributed by atoms with Crippen molar-refractivity contribution in [3.8, 4) is 0 Å². The number of rotatable bonds is 21. The topological polar surface area (TPSA) is 133 Å². The van der Waals surface area contributed by atoms with Gasteiger partial charge in [-0.25, -0.2) is 13.6 Å². The normalized spacial score (nSPS) is 12.6. The molecule has 0 aliphatic heterocycles. The molecule has 1 amide bonds. The number of primary sulfonamides is 1. The number of nitrogens with one attached hydrogen (secondary N) is 1. The largest absolute Gasteiger partial charge is 0.444 e. The minimum Gasteiger partial charge on any atom is -0.444 e. The van der Waals surface area contributed by atoms with Crippen LogP contribution in [0.1, 0.15) is 130 Å². The molecule has 9 heteroatoms. The molecular weight excluding hydrogens is 528 g/mol. The molecule has 228 valence electrons. The minimum absolute atomic E-state index is 0.109. The fourth-order valence-corrected chi connectivity index (χ4v) is 4.90. The zero-order valence-electron chi connectivity index (χ0n) is 25.1. The molecular formula is C31H52N2O6S. The van der Waals surface area contributed by atoms with Crippen LogP contribution in [0.5, 0.6) is 0 Å². The highest BCUT2D eigenvalue weighted by Crippen LogP contribution is 2.21. The van der Waals surface area contributed by atoms with Gasteiger partial charge in [0.25, 0.3) is 5.91 Å². The smallest absolute Gasteiger partial charge is 0.307 e. The van der Waals surface area contributed by atoms with Crippen LogP contribution in [0.4, 0.5) is 5.69 Å². The Morgan fingerprint density at radius 3 is 1.60 bits per heavy atom. The van der Waals surface area contributed by atoms with E-state index in [0.717, 1.165) is 19.3 Å². The van der Waals surface area contributed by atoms with Gasteiger partial charge in [-0.1, -0.05) is 118 Å². The summed E-state index contributed by atoms with van der Waals surface area (Å²) in [6.45, 7) is 7.20. The van der Waals surface area contributed by atoms with Crippen LogP contribution in [0, 0.1) is 5.41 Å².